The van der Waals surface area contributed by atoms with Crippen LogP contribution in [-0.2, 0) is 17.8 Å². The third-order valence-corrected chi connectivity index (χ3v) is 5.54. The molecule has 3 aromatic carbocycles. The van der Waals surface area contributed by atoms with Crippen LogP contribution >= 0.6 is 0 Å². The van der Waals surface area contributed by atoms with Crippen LogP contribution in [0.15, 0.2) is 72.9 Å². The van der Waals surface area contributed by atoms with Crippen molar-refractivity contribution in [1.29, 1.82) is 0 Å². The summed E-state index contributed by atoms with van der Waals surface area (Å²) in [7, 11) is 0. The number of H-pyrrole nitrogens is 1. The molecular formula is C26H22F2N2O4. The van der Waals surface area contributed by atoms with E-state index in [1.807, 2.05) is 30.5 Å². The summed E-state index contributed by atoms with van der Waals surface area (Å²) in [6.45, 7) is -0.356. The minimum atomic E-state index is -1.37. The van der Waals surface area contributed by atoms with Gasteiger partial charge in [0.2, 0.25) is 0 Å². The van der Waals surface area contributed by atoms with Crippen molar-refractivity contribution in [3.63, 3.8) is 0 Å². The van der Waals surface area contributed by atoms with Gasteiger partial charge in [0.1, 0.15) is 11.4 Å². The number of benzene rings is 3. The van der Waals surface area contributed by atoms with Crippen molar-refractivity contribution >= 4 is 22.8 Å². The average molecular weight is 464 g/mol. The number of carboxylic acid groups (broad SMARTS) is 1. The highest BCUT2D eigenvalue weighted by molar-refractivity contribution is 5.91. The first-order valence-electron chi connectivity index (χ1n) is 10.6. The zero-order valence-corrected chi connectivity index (χ0v) is 18.1. The molecule has 0 saturated carbocycles. The van der Waals surface area contributed by atoms with Gasteiger partial charge in [-0.3, -0.25) is 4.79 Å². The number of nitrogens with zero attached hydrogens (tertiary/aromatic N) is 1. The predicted molar refractivity (Wildman–Crippen MR) is 123 cm³/mol. The fourth-order valence-electron chi connectivity index (χ4n) is 3.77. The lowest BCUT2D eigenvalue weighted by atomic mass is 10.1. The number of fused-ring (bicyclic) bond motifs is 1. The first-order valence-corrected chi connectivity index (χ1v) is 10.6. The number of aromatic amines is 1. The number of halogens is 2. The molecular weight excluding hydrogens is 442 g/mol. The standard InChI is InChI=1S/C26H22F2N2O4/c27-21-9-3-1-6-18(21)15-30(13-12-17-14-29-23-11-4-2-7-19(17)23)24(31)16-34-25-20(26(32)33)8-5-10-22(25)28/h1-11,14,29H,12-13,15-16H2,(H,32,33). The van der Waals surface area contributed by atoms with E-state index in [2.05, 4.69) is 4.98 Å². The van der Waals surface area contributed by atoms with Crippen molar-refractivity contribution in [1.82, 2.24) is 9.88 Å². The van der Waals surface area contributed by atoms with Crippen LogP contribution in [0.25, 0.3) is 10.9 Å². The number of carboxylic acids is 1. The van der Waals surface area contributed by atoms with E-state index in [1.165, 1.54) is 23.1 Å². The Kier molecular flexibility index (Phi) is 6.87. The van der Waals surface area contributed by atoms with Crippen molar-refractivity contribution in [3.8, 4) is 5.75 Å². The maximum Gasteiger partial charge on any atom is 0.339 e. The van der Waals surface area contributed by atoms with Crippen LogP contribution in [0.2, 0.25) is 0 Å². The smallest absolute Gasteiger partial charge is 0.339 e. The number of aromatic carboxylic acids is 1. The summed E-state index contributed by atoms with van der Waals surface area (Å²) in [5, 5.41) is 10.3. The van der Waals surface area contributed by atoms with Gasteiger partial charge in [0.15, 0.2) is 18.2 Å². The van der Waals surface area contributed by atoms with E-state index in [-0.39, 0.29) is 18.7 Å². The summed E-state index contributed by atoms with van der Waals surface area (Å²) in [6.07, 6.45) is 2.36. The minimum Gasteiger partial charge on any atom is -0.480 e. The lowest BCUT2D eigenvalue weighted by Crippen LogP contribution is -2.36. The number of amides is 1. The van der Waals surface area contributed by atoms with E-state index in [0.717, 1.165) is 22.5 Å². The summed E-state index contributed by atoms with van der Waals surface area (Å²) >= 11 is 0. The number of hydrogen-bond acceptors (Lipinski definition) is 3. The molecule has 0 bridgehead atoms. The number of aromatic nitrogens is 1. The summed E-state index contributed by atoms with van der Waals surface area (Å²) in [4.78, 5) is 29.0. The molecule has 0 aliphatic carbocycles. The summed E-state index contributed by atoms with van der Waals surface area (Å²) in [5.41, 5.74) is 1.90. The molecule has 0 atom stereocenters. The first-order chi connectivity index (χ1) is 16.4. The molecule has 0 unspecified atom stereocenters. The van der Waals surface area contributed by atoms with E-state index >= 15 is 0 Å². The molecule has 2 N–H and O–H groups in total. The van der Waals surface area contributed by atoms with Crippen LogP contribution in [0.1, 0.15) is 21.5 Å². The lowest BCUT2D eigenvalue weighted by Gasteiger charge is -2.23. The van der Waals surface area contributed by atoms with Crippen LogP contribution < -0.4 is 4.74 Å². The maximum absolute atomic E-state index is 14.3. The third kappa shape index (κ3) is 5.06. The third-order valence-electron chi connectivity index (χ3n) is 5.54. The fourth-order valence-corrected chi connectivity index (χ4v) is 3.77. The minimum absolute atomic E-state index is 0.0136. The van der Waals surface area contributed by atoms with E-state index in [1.54, 1.807) is 18.2 Å². The molecule has 0 fully saturated rings. The number of rotatable bonds is 9. The number of ether oxygens (including phenoxy) is 1. The highest BCUT2D eigenvalue weighted by atomic mass is 19.1. The second-order valence-corrected chi connectivity index (χ2v) is 7.73. The molecule has 0 radical (unpaired) electrons. The molecule has 1 amide bonds. The quantitative estimate of drug-likeness (QED) is 0.373. The van der Waals surface area contributed by atoms with Gasteiger partial charge in [0, 0.05) is 35.8 Å². The molecule has 0 aliphatic rings. The molecule has 0 aliphatic heterocycles. The SMILES string of the molecule is O=C(O)c1cccc(F)c1OCC(=O)N(CCc1c[nH]c2ccccc12)Cc1ccccc1F. The highest BCUT2D eigenvalue weighted by Gasteiger charge is 2.21. The van der Waals surface area contributed by atoms with Crippen LogP contribution in [0, 0.1) is 11.6 Å². The van der Waals surface area contributed by atoms with Crippen LogP contribution in [0.4, 0.5) is 8.78 Å². The van der Waals surface area contributed by atoms with Crippen molar-refractivity contribution < 1.29 is 28.2 Å². The van der Waals surface area contributed by atoms with Crippen LogP contribution in [-0.4, -0.2) is 40.0 Å². The zero-order valence-electron chi connectivity index (χ0n) is 18.1. The summed E-state index contributed by atoms with van der Waals surface area (Å²) in [5.74, 6) is -3.74. The van der Waals surface area contributed by atoms with E-state index in [0.29, 0.717) is 12.0 Å². The highest BCUT2D eigenvalue weighted by Crippen LogP contribution is 2.23. The number of carbonyl (C=O) groups excluding carboxylic acids is 1. The van der Waals surface area contributed by atoms with Gasteiger partial charge < -0.3 is 19.7 Å². The number of nitrogens with one attached hydrogen (secondary N) is 1. The van der Waals surface area contributed by atoms with Crippen molar-refractivity contribution in [2.45, 2.75) is 13.0 Å². The Morgan fingerprint density at radius 2 is 1.65 bits per heavy atom. The van der Waals surface area contributed by atoms with E-state index in [9.17, 15) is 23.5 Å². The van der Waals surface area contributed by atoms with Gasteiger partial charge in [-0.05, 0) is 36.2 Å². The summed E-state index contributed by atoms with van der Waals surface area (Å²) < 4.78 is 33.8. The summed E-state index contributed by atoms with van der Waals surface area (Å²) in [6, 6.07) is 17.4. The van der Waals surface area contributed by atoms with Crippen LogP contribution in [0.5, 0.6) is 5.75 Å². The first kappa shape index (κ1) is 23.0. The Hall–Kier alpha value is -4.20. The average Bonchev–Trinajstić information content (AvgIpc) is 3.24. The topological polar surface area (TPSA) is 82.6 Å². The van der Waals surface area contributed by atoms with E-state index < -0.39 is 35.9 Å². The van der Waals surface area contributed by atoms with Crippen molar-refractivity contribution in [3.05, 3.63) is 101 Å². The lowest BCUT2D eigenvalue weighted by molar-refractivity contribution is -0.134. The second kappa shape index (κ2) is 10.2. The Balaban J connectivity index is 1.53. The van der Waals surface area contributed by atoms with Gasteiger partial charge in [0.05, 0.1) is 0 Å². The van der Waals surface area contributed by atoms with E-state index in [4.69, 9.17) is 4.74 Å². The molecule has 4 aromatic rings. The van der Waals surface area contributed by atoms with Gasteiger partial charge in [-0.1, -0.05) is 42.5 Å². The van der Waals surface area contributed by atoms with Gasteiger partial charge >= 0.3 is 5.97 Å². The molecule has 1 aromatic heterocycles. The molecule has 0 spiro atoms. The molecule has 0 saturated heterocycles. The Morgan fingerprint density at radius 1 is 0.912 bits per heavy atom. The number of carbonyl (C=O) groups is 2. The normalized spacial score (nSPS) is 10.9. The van der Waals surface area contributed by atoms with Crippen molar-refractivity contribution in [2.24, 2.45) is 0 Å². The molecule has 8 heteroatoms. The van der Waals surface area contributed by atoms with Crippen LogP contribution in [0.3, 0.4) is 0 Å². The Morgan fingerprint density at radius 3 is 2.44 bits per heavy atom. The largest absolute Gasteiger partial charge is 0.480 e. The Labute approximate surface area is 194 Å². The molecule has 6 nitrogen and oxygen atoms in total. The second-order valence-electron chi connectivity index (χ2n) is 7.73. The monoisotopic (exact) mass is 464 g/mol. The van der Waals surface area contributed by atoms with Gasteiger partial charge in [-0.15, -0.1) is 0 Å². The number of para-hydroxylation sites is 2. The molecule has 4 rings (SSSR count). The fraction of sp³-hybridized carbons (Fsp3) is 0.154. The zero-order chi connectivity index (χ0) is 24.1. The van der Waals surface area contributed by atoms with Gasteiger partial charge in [-0.25, -0.2) is 13.6 Å². The van der Waals surface area contributed by atoms with Gasteiger partial charge in [-0.2, -0.15) is 0 Å². The number of hydrogen-bond donors (Lipinski definition) is 2. The Bertz CT molecular complexity index is 1340. The molecule has 1 heterocycles. The molecule has 174 valence electrons. The molecule has 34 heavy (non-hydrogen) atoms. The van der Waals surface area contributed by atoms with Gasteiger partial charge in [0.25, 0.3) is 5.91 Å². The van der Waals surface area contributed by atoms with Crippen molar-refractivity contribution in [2.75, 3.05) is 13.2 Å². The maximum atomic E-state index is 14.3. The predicted octanol–water partition coefficient (Wildman–Crippen LogP) is 4.79.